The molecule has 4 nitrogen and oxygen atoms in total. The number of halogens is 1. The van der Waals surface area contributed by atoms with Crippen LogP contribution in [0.15, 0.2) is 4.99 Å². The van der Waals surface area contributed by atoms with Gasteiger partial charge in [-0.3, -0.25) is 4.99 Å². The van der Waals surface area contributed by atoms with E-state index in [9.17, 15) is 0 Å². The van der Waals surface area contributed by atoms with E-state index in [1.807, 2.05) is 0 Å². The summed E-state index contributed by atoms with van der Waals surface area (Å²) in [6.45, 7) is 5.78. The van der Waals surface area contributed by atoms with E-state index in [0.29, 0.717) is 12.0 Å². The molecule has 0 aromatic rings. The van der Waals surface area contributed by atoms with Gasteiger partial charge in [0.1, 0.15) is 0 Å². The molecule has 3 aliphatic rings. The third kappa shape index (κ3) is 5.76. The zero-order valence-corrected chi connectivity index (χ0v) is 16.9. The van der Waals surface area contributed by atoms with Crippen molar-refractivity contribution in [1.29, 1.82) is 0 Å². The van der Waals surface area contributed by atoms with E-state index in [1.165, 1.54) is 44.9 Å². The Morgan fingerprint density at radius 2 is 1.91 bits per heavy atom. The second-order valence-electron chi connectivity index (χ2n) is 7.41. The van der Waals surface area contributed by atoms with Crippen LogP contribution < -0.4 is 10.6 Å². The minimum Gasteiger partial charge on any atom is -0.381 e. The van der Waals surface area contributed by atoms with Crippen LogP contribution in [0.4, 0.5) is 0 Å². The number of nitrogens with zero attached hydrogens (tertiary/aromatic N) is 1. The summed E-state index contributed by atoms with van der Waals surface area (Å²) in [6.07, 6.45) is 11.1. The largest absolute Gasteiger partial charge is 0.381 e. The molecule has 5 heteroatoms. The first-order valence-corrected chi connectivity index (χ1v) is 9.47. The van der Waals surface area contributed by atoms with Crippen molar-refractivity contribution >= 4 is 29.9 Å². The number of guanidine groups is 1. The van der Waals surface area contributed by atoms with Gasteiger partial charge < -0.3 is 15.4 Å². The summed E-state index contributed by atoms with van der Waals surface area (Å²) in [7, 11) is 0. The lowest BCUT2D eigenvalue weighted by Crippen LogP contribution is -2.47. The van der Waals surface area contributed by atoms with Crippen LogP contribution in [0, 0.1) is 17.8 Å². The summed E-state index contributed by atoms with van der Waals surface area (Å²) >= 11 is 0. The Morgan fingerprint density at radius 3 is 2.65 bits per heavy atom. The Labute approximate surface area is 158 Å². The minimum atomic E-state index is 0. The molecule has 0 amide bonds. The van der Waals surface area contributed by atoms with Gasteiger partial charge >= 0.3 is 0 Å². The van der Waals surface area contributed by atoms with Crippen LogP contribution in [0.2, 0.25) is 0 Å². The predicted octanol–water partition coefficient (Wildman–Crippen LogP) is 3.55. The maximum absolute atomic E-state index is 5.45. The number of ether oxygens (including phenoxy) is 1. The quantitative estimate of drug-likeness (QED) is 0.403. The maximum atomic E-state index is 5.45. The Morgan fingerprint density at radius 1 is 1.09 bits per heavy atom. The van der Waals surface area contributed by atoms with Gasteiger partial charge in [0.25, 0.3) is 0 Å². The van der Waals surface area contributed by atoms with Crippen molar-refractivity contribution in [3.05, 3.63) is 0 Å². The van der Waals surface area contributed by atoms with Crippen LogP contribution in [-0.4, -0.2) is 38.3 Å². The number of nitrogens with one attached hydrogen (secondary N) is 2. The molecule has 2 saturated carbocycles. The van der Waals surface area contributed by atoms with Gasteiger partial charge in [-0.2, -0.15) is 0 Å². The van der Waals surface area contributed by atoms with E-state index >= 15 is 0 Å². The third-order valence-electron chi connectivity index (χ3n) is 5.76. The van der Waals surface area contributed by atoms with Crippen LogP contribution in [0.3, 0.4) is 0 Å². The second-order valence-corrected chi connectivity index (χ2v) is 7.41. The van der Waals surface area contributed by atoms with Crippen molar-refractivity contribution < 1.29 is 4.74 Å². The SMILES string of the molecule is CCNC(=NCC1CCOC1)NC1CCC2CCCCC2C1.I. The zero-order chi connectivity index (χ0) is 15.2. The summed E-state index contributed by atoms with van der Waals surface area (Å²) in [5, 5.41) is 7.14. The van der Waals surface area contributed by atoms with Gasteiger partial charge in [-0.15, -0.1) is 24.0 Å². The van der Waals surface area contributed by atoms with Crippen molar-refractivity contribution in [2.75, 3.05) is 26.3 Å². The molecule has 3 rings (SSSR count). The lowest BCUT2D eigenvalue weighted by Gasteiger charge is -2.39. The number of aliphatic imine (C=N–C) groups is 1. The van der Waals surface area contributed by atoms with E-state index in [-0.39, 0.29) is 24.0 Å². The molecular formula is C18H34IN3O. The topological polar surface area (TPSA) is 45.7 Å². The first-order chi connectivity index (χ1) is 10.8. The maximum Gasteiger partial charge on any atom is 0.191 e. The van der Waals surface area contributed by atoms with Crippen LogP contribution in [0.1, 0.15) is 58.3 Å². The molecule has 134 valence electrons. The smallest absolute Gasteiger partial charge is 0.191 e. The molecule has 0 aromatic heterocycles. The van der Waals surface area contributed by atoms with Gasteiger partial charge in [-0.1, -0.05) is 25.7 Å². The highest BCUT2D eigenvalue weighted by atomic mass is 127. The van der Waals surface area contributed by atoms with E-state index in [2.05, 4.69) is 17.6 Å². The Kier molecular flexibility index (Phi) is 8.44. The first-order valence-electron chi connectivity index (χ1n) is 9.47. The molecule has 2 aliphatic carbocycles. The fourth-order valence-electron chi connectivity index (χ4n) is 4.47. The average Bonchev–Trinajstić information content (AvgIpc) is 3.06. The highest BCUT2D eigenvalue weighted by molar-refractivity contribution is 14.0. The normalized spacial score (nSPS) is 34.4. The fraction of sp³-hybridized carbons (Fsp3) is 0.944. The number of hydrogen-bond acceptors (Lipinski definition) is 2. The predicted molar refractivity (Wildman–Crippen MR) is 107 cm³/mol. The lowest BCUT2D eigenvalue weighted by atomic mass is 9.69. The highest BCUT2D eigenvalue weighted by Crippen LogP contribution is 2.40. The fourth-order valence-corrected chi connectivity index (χ4v) is 4.47. The summed E-state index contributed by atoms with van der Waals surface area (Å²) in [6, 6.07) is 0.622. The van der Waals surface area contributed by atoms with Gasteiger partial charge in [0, 0.05) is 31.7 Å². The standard InChI is InChI=1S/C18H33N3O.HI/c1-2-19-18(20-12-14-9-10-22-13-14)21-17-8-7-15-5-3-4-6-16(15)11-17;/h14-17H,2-13H2,1H3,(H2,19,20,21);1H. The van der Waals surface area contributed by atoms with Crippen molar-refractivity contribution in [2.24, 2.45) is 22.7 Å². The average molecular weight is 435 g/mol. The summed E-state index contributed by atoms with van der Waals surface area (Å²) in [5.74, 6) is 3.62. The number of rotatable bonds is 4. The molecule has 0 spiro atoms. The Balaban J connectivity index is 0.00000192. The summed E-state index contributed by atoms with van der Waals surface area (Å²) in [5.41, 5.74) is 0. The molecule has 4 atom stereocenters. The summed E-state index contributed by atoms with van der Waals surface area (Å²) in [4.78, 5) is 4.81. The third-order valence-corrected chi connectivity index (χ3v) is 5.76. The molecule has 4 unspecified atom stereocenters. The molecule has 1 saturated heterocycles. The molecule has 1 heterocycles. The van der Waals surface area contributed by atoms with E-state index in [4.69, 9.17) is 9.73 Å². The molecule has 1 aliphatic heterocycles. The van der Waals surface area contributed by atoms with E-state index in [1.54, 1.807) is 0 Å². The van der Waals surface area contributed by atoms with Crippen molar-refractivity contribution in [3.63, 3.8) is 0 Å². The van der Waals surface area contributed by atoms with Gasteiger partial charge in [-0.05, 0) is 44.4 Å². The Bertz CT molecular complexity index is 371. The van der Waals surface area contributed by atoms with E-state index < -0.39 is 0 Å². The van der Waals surface area contributed by atoms with Crippen LogP contribution >= 0.6 is 24.0 Å². The molecule has 2 N–H and O–H groups in total. The van der Waals surface area contributed by atoms with Crippen LogP contribution in [-0.2, 0) is 4.74 Å². The second kappa shape index (κ2) is 10.1. The van der Waals surface area contributed by atoms with Crippen LogP contribution in [0.5, 0.6) is 0 Å². The van der Waals surface area contributed by atoms with Gasteiger partial charge in [0.15, 0.2) is 5.96 Å². The summed E-state index contributed by atoms with van der Waals surface area (Å²) < 4.78 is 5.45. The zero-order valence-electron chi connectivity index (χ0n) is 14.6. The van der Waals surface area contributed by atoms with Crippen molar-refractivity contribution in [1.82, 2.24) is 10.6 Å². The molecule has 23 heavy (non-hydrogen) atoms. The lowest BCUT2D eigenvalue weighted by molar-refractivity contribution is 0.150. The van der Waals surface area contributed by atoms with Crippen molar-refractivity contribution in [3.8, 4) is 0 Å². The highest BCUT2D eigenvalue weighted by Gasteiger charge is 2.32. The molecule has 0 bridgehead atoms. The number of hydrogen-bond donors (Lipinski definition) is 2. The van der Waals surface area contributed by atoms with Crippen LogP contribution in [0.25, 0.3) is 0 Å². The molecule has 0 radical (unpaired) electrons. The first kappa shape index (κ1) is 19.3. The van der Waals surface area contributed by atoms with Crippen molar-refractivity contribution in [2.45, 2.75) is 64.3 Å². The molecule has 3 fully saturated rings. The number of fused-ring (bicyclic) bond motifs is 1. The monoisotopic (exact) mass is 435 g/mol. The minimum absolute atomic E-state index is 0. The molecule has 0 aromatic carbocycles. The van der Waals surface area contributed by atoms with E-state index in [0.717, 1.165) is 50.5 Å². The van der Waals surface area contributed by atoms with Gasteiger partial charge in [0.05, 0.1) is 6.61 Å². The Hall–Kier alpha value is -0.0400. The molecular weight excluding hydrogens is 401 g/mol. The van der Waals surface area contributed by atoms with Gasteiger partial charge in [0.2, 0.25) is 0 Å². The van der Waals surface area contributed by atoms with Gasteiger partial charge in [-0.25, -0.2) is 0 Å².